The van der Waals surface area contributed by atoms with Crippen LogP contribution in [0.1, 0.15) is 27.9 Å². The minimum Gasteiger partial charge on any atom is -0.465 e. The van der Waals surface area contributed by atoms with Gasteiger partial charge in [0.05, 0.1) is 35.2 Å². The quantitative estimate of drug-likeness (QED) is 0.361. The number of aryl methyl sites for hydroxylation is 1. The fourth-order valence-corrected chi connectivity index (χ4v) is 3.08. The summed E-state index contributed by atoms with van der Waals surface area (Å²) in [6.07, 6.45) is -2.44. The summed E-state index contributed by atoms with van der Waals surface area (Å²) < 4.78 is 39.5. The number of Topliss-reactive ketones (excluding diaryl/α,β-unsaturated/α-hetero) is 1. The number of alkyl halides is 3. The predicted molar refractivity (Wildman–Crippen MR) is 113 cm³/mol. The molecule has 0 aliphatic rings. The number of carboxylic acid groups (broad SMARTS) is 1. The van der Waals surface area contributed by atoms with E-state index in [9.17, 15) is 27.6 Å². The van der Waals surface area contributed by atoms with Crippen molar-refractivity contribution in [3.8, 4) is 11.3 Å². The van der Waals surface area contributed by atoms with Crippen LogP contribution in [0.3, 0.4) is 0 Å². The standard InChI is InChI=1S/C22H17F3N4O4/c1-12-7-16(17(29-21(32)33)9-15(12)22(23,24)25)28-20(31)10-19(30)14-4-2-3-13(8-14)18-11-26-5-6-27-18/h2-9,11,29H,10H2,1H3,(H,28,31)(H,32,33). The molecule has 2 aromatic carbocycles. The van der Waals surface area contributed by atoms with Gasteiger partial charge in [-0.15, -0.1) is 0 Å². The molecular weight excluding hydrogens is 441 g/mol. The number of nitrogens with zero attached hydrogens (tertiary/aromatic N) is 2. The molecule has 170 valence electrons. The van der Waals surface area contributed by atoms with E-state index in [0.717, 1.165) is 6.07 Å². The number of amides is 2. The zero-order chi connectivity index (χ0) is 24.2. The molecule has 0 saturated carbocycles. The molecule has 33 heavy (non-hydrogen) atoms. The Balaban J connectivity index is 1.80. The second-order valence-corrected chi connectivity index (χ2v) is 6.96. The monoisotopic (exact) mass is 458 g/mol. The molecule has 1 aromatic heterocycles. The molecule has 0 unspecified atom stereocenters. The minimum atomic E-state index is -4.72. The Kier molecular flexibility index (Phi) is 6.71. The Morgan fingerprint density at radius 3 is 2.39 bits per heavy atom. The topological polar surface area (TPSA) is 121 Å². The maximum atomic E-state index is 13.2. The molecule has 0 saturated heterocycles. The SMILES string of the molecule is Cc1cc(NC(=O)CC(=O)c2cccc(-c3cnccn3)c2)c(NC(=O)O)cc1C(F)(F)F. The van der Waals surface area contributed by atoms with Crippen molar-refractivity contribution in [2.45, 2.75) is 19.5 Å². The number of carbonyl (C=O) groups is 3. The van der Waals surface area contributed by atoms with E-state index < -0.39 is 41.6 Å². The van der Waals surface area contributed by atoms with Gasteiger partial charge in [0, 0.05) is 23.5 Å². The zero-order valence-corrected chi connectivity index (χ0v) is 17.1. The fraction of sp³-hybridized carbons (Fsp3) is 0.136. The third kappa shape index (κ3) is 5.91. The summed E-state index contributed by atoms with van der Waals surface area (Å²) in [5.41, 5.74) is -0.583. The summed E-state index contributed by atoms with van der Waals surface area (Å²) in [5.74, 6) is -1.37. The number of halogens is 3. The molecule has 3 rings (SSSR count). The van der Waals surface area contributed by atoms with Crippen LogP contribution in [-0.2, 0) is 11.0 Å². The molecule has 0 spiro atoms. The number of hydrogen-bond donors (Lipinski definition) is 3. The maximum Gasteiger partial charge on any atom is 0.416 e. The number of anilines is 2. The summed E-state index contributed by atoms with van der Waals surface area (Å²) in [4.78, 5) is 44.1. The molecule has 11 heteroatoms. The van der Waals surface area contributed by atoms with Gasteiger partial charge in [-0.1, -0.05) is 18.2 Å². The number of ketones is 1. The lowest BCUT2D eigenvalue weighted by Crippen LogP contribution is -2.19. The summed E-state index contributed by atoms with van der Waals surface area (Å²) in [7, 11) is 0. The smallest absolute Gasteiger partial charge is 0.416 e. The van der Waals surface area contributed by atoms with Crippen molar-refractivity contribution in [2.75, 3.05) is 10.6 Å². The van der Waals surface area contributed by atoms with E-state index in [0.29, 0.717) is 17.3 Å². The molecule has 0 radical (unpaired) electrons. The third-order valence-corrected chi connectivity index (χ3v) is 4.55. The first kappa shape index (κ1) is 23.4. The highest BCUT2D eigenvalue weighted by Gasteiger charge is 2.33. The van der Waals surface area contributed by atoms with Gasteiger partial charge in [-0.3, -0.25) is 24.9 Å². The lowest BCUT2D eigenvalue weighted by molar-refractivity contribution is -0.138. The largest absolute Gasteiger partial charge is 0.465 e. The highest BCUT2D eigenvalue weighted by atomic mass is 19.4. The van der Waals surface area contributed by atoms with E-state index in [-0.39, 0.29) is 16.8 Å². The van der Waals surface area contributed by atoms with Gasteiger partial charge in [0.15, 0.2) is 5.78 Å². The summed E-state index contributed by atoms with van der Waals surface area (Å²) in [5, 5.41) is 13.1. The van der Waals surface area contributed by atoms with Crippen molar-refractivity contribution < 1.29 is 32.7 Å². The average Bonchev–Trinajstić information content (AvgIpc) is 2.75. The molecule has 1 heterocycles. The molecule has 0 aliphatic carbocycles. The molecule has 0 fully saturated rings. The van der Waals surface area contributed by atoms with E-state index in [1.54, 1.807) is 18.2 Å². The van der Waals surface area contributed by atoms with E-state index in [1.165, 1.54) is 31.6 Å². The van der Waals surface area contributed by atoms with Crippen LogP contribution in [-0.4, -0.2) is 32.9 Å². The summed E-state index contributed by atoms with van der Waals surface area (Å²) >= 11 is 0. The summed E-state index contributed by atoms with van der Waals surface area (Å²) in [6.45, 7) is 1.17. The molecule has 8 nitrogen and oxygen atoms in total. The molecule has 0 bridgehead atoms. The lowest BCUT2D eigenvalue weighted by Gasteiger charge is -2.16. The Hall–Kier alpha value is -4.28. The Labute approximate surface area is 185 Å². The predicted octanol–water partition coefficient (Wildman–Crippen LogP) is 4.77. The van der Waals surface area contributed by atoms with Gasteiger partial charge in [0.2, 0.25) is 5.91 Å². The lowest BCUT2D eigenvalue weighted by atomic mass is 10.0. The molecule has 0 atom stereocenters. The highest BCUT2D eigenvalue weighted by Crippen LogP contribution is 2.37. The first-order valence-electron chi connectivity index (χ1n) is 9.46. The van der Waals surface area contributed by atoms with E-state index in [1.807, 2.05) is 5.32 Å². The van der Waals surface area contributed by atoms with E-state index >= 15 is 0 Å². The Morgan fingerprint density at radius 1 is 1.03 bits per heavy atom. The van der Waals surface area contributed by atoms with Crippen LogP contribution in [0.4, 0.5) is 29.3 Å². The van der Waals surface area contributed by atoms with Crippen molar-refractivity contribution in [3.63, 3.8) is 0 Å². The van der Waals surface area contributed by atoms with Crippen LogP contribution in [0, 0.1) is 6.92 Å². The Bertz CT molecular complexity index is 1210. The van der Waals surface area contributed by atoms with Crippen LogP contribution < -0.4 is 10.6 Å². The first-order chi connectivity index (χ1) is 15.5. The zero-order valence-electron chi connectivity index (χ0n) is 17.1. The second-order valence-electron chi connectivity index (χ2n) is 6.96. The molecule has 3 N–H and O–H groups in total. The maximum absolute atomic E-state index is 13.2. The van der Waals surface area contributed by atoms with Gasteiger partial charge < -0.3 is 10.4 Å². The van der Waals surface area contributed by atoms with Crippen molar-refractivity contribution in [1.82, 2.24) is 9.97 Å². The number of carbonyl (C=O) groups excluding carboxylic acids is 2. The van der Waals surface area contributed by atoms with Crippen molar-refractivity contribution in [3.05, 3.63) is 71.7 Å². The second kappa shape index (κ2) is 9.47. The van der Waals surface area contributed by atoms with Gasteiger partial charge >= 0.3 is 12.3 Å². The average molecular weight is 458 g/mol. The van der Waals surface area contributed by atoms with Crippen LogP contribution in [0.15, 0.2) is 55.0 Å². The van der Waals surface area contributed by atoms with E-state index in [2.05, 4.69) is 15.3 Å². The van der Waals surface area contributed by atoms with Crippen LogP contribution in [0.25, 0.3) is 11.3 Å². The number of rotatable bonds is 6. The Morgan fingerprint density at radius 2 is 1.76 bits per heavy atom. The third-order valence-electron chi connectivity index (χ3n) is 4.55. The van der Waals surface area contributed by atoms with Gasteiger partial charge in [0.25, 0.3) is 0 Å². The van der Waals surface area contributed by atoms with Gasteiger partial charge in [-0.05, 0) is 30.7 Å². The van der Waals surface area contributed by atoms with Crippen molar-refractivity contribution in [1.29, 1.82) is 0 Å². The van der Waals surface area contributed by atoms with Gasteiger partial charge in [-0.2, -0.15) is 13.2 Å². The van der Waals surface area contributed by atoms with E-state index in [4.69, 9.17) is 5.11 Å². The number of benzene rings is 2. The van der Waals surface area contributed by atoms with Crippen molar-refractivity contribution >= 4 is 29.2 Å². The first-order valence-corrected chi connectivity index (χ1v) is 9.46. The summed E-state index contributed by atoms with van der Waals surface area (Å²) in [6, 6.07) is 7.96. The fourth-order valence-electron chi connectivity index (χ4n) is 3.08. The van der Waals surface area contributed by atoms with Gasteiger partial charge in [0.1, 0.15) is 0 Å². The molecule has 3 aromatic rings. The minimum absolute atomic E-state index is 0.200. The normalized spacial score (nSPS) is 11.0. The molecule has 0 aliphatic heterocycles. The number of nitrogens with one attached hydrogen (secondary N) is 2. The highest BCUT2D eigenvalue weighted by molar-refractivity contribution is 6.12. The number of aromatic nitrogens is 2. The van der Waals surface area contributed by atoms with Crippen LogP contribution in [0.2, 0.25) is 0 Å². The van der Waals surface area contributed by atoms with Crippen LogP contribution in [0.5, 0.6) is 0 Å². The van der Waals surface area contributed by atoms with Gasteiger partial charge in [-0.25, -0.2) is 4.79 Å². The van der Waals surface area contributed by atoms with Crippen LogP contribution >= 0.6 is 0 Å². The number of hydrogen-bond acceptors (Lipinski definition) is 5. The molecule has 2 amide bonds. The molecular formula is C22H17F3N4O4. The van der Waals surface area contributed by atoms with Crippen molar-refractivity contribution in [2.24, 2.45) is 0 Å².